The van der Waals surface area contributed by atoms with Crippen molar-refractivity contribution in [3.05, 3.63) is 60.2 Å². The maximum Gasteiger partial charge on any atom is 0.255 e. The van der Waals surface area contributed by atoms with Gasteiger partial charge in [0.05, 0.1) is 0 Å². The molecule has 138 valence electrons. The van der Waals surface area contributed by atoms with Crippen molar-refractivity contribution in [2.24, 2.45) is 10.7 Å². The van der Waals surface area contributed by atoms with Gasteiger partial charge in [-0.05, 0) is 29.8 Å². The van der Waals surface area contributed by atoms with Crippen LogP contribution in [0.25, 0.3) is 0 Å². The van der Waals surface area contributed by atoms with Crippen LogP contribution < -0.4 is 21.1 Å². The van der Waals surface area contributed by atoms with Crippen molar-refractivity contribution >= 4 is 23.6 Å². The number of thioether (sulfide) groups is 1. The maximum atomic E-state index is 10.8. The molecule has 0 heterocycles. The Kier molecular flexibility index (Phi) is 8.35. The zero-order chi connectivity index (χ0) is 18.6. The molecule has 0 aromatic heterocycles. The summed E-state index contributed by atoms with van der Waals surface area (Å²) < 4.78 is 5.31. The van der Waals surface area contributed by atoms with E-state index in [1.165, 1.54) is 4.90 Å². The quantitative estimate of drug-likeness (QED) is 0.271. The van der Waals surface area contributed by atoms with Crippen molar-refractivity contribution in [3.63, 3.8) is 0 Å². The number of carbonyl (C=O) groups is 1. The molecule has 0 fully saturated rings. The van der Waals surface area contributed by atoms with Crippen LogP contribution in [-0.2, 0) is 11.3 Å². The first-order valence-corrected chi connectivity index (χ1v) is 9.28. The highest BCUT2D eigenvalue weighted by Crippen LogP contribution is 2.15. The van der Waals surface area contributed by atoms with Crippen LogP contribution in [0.2, 0.25) is 0 Å². The highest BCUT2D eigenvalue weighted by Gasteiger charge is 2.02. The number of primary amides is 1. The molecular formula is C19H24N4O2S. The lowest BCUT2D eigenvalue weighted by Crippen LogP contribution is -2.37. The summed E-state index contributed by atoms with van der Waals surface area (Å²) in [6.07, 6.45) is 0. The summed E-state index contributed by atoms with van der Waals surface area (Å²) in [5, 5.41) is 6.55. The number of ether oxygens (including phenoxy) is 1. The smallest absolute Gasteiger partial charge is 0.255 e. The Bertz CT molecular complexity index is 722. The van der Waals surface area contributed by atoms with E-state index in [4.69, 9.17) is 10.5 Å². The van der Waals surface area contributed by atoms with Gasteiger partial charge in [-0.2, -0.15) is 0 Å². The fourth-order valence-electron chi connectivity index (χ4n) is 2.16. The molecule has 0 unspecified atom stereocenters. The largest absolute Gasteiger partial charge is 0.484 e. The Hall–Kier alpha value is -2.67. The van der Waals surface area contributed by atoms with E-state index in [9.17, 15) is 4.79 Å². The Morgan fingerprint density at radius 2 is 1.96 bits per heavy atom. The second kappa shape index (κ2) is 11.0. The summed E-state index contributed by atoms with van der Waals surface area (Å²) in [5.74, 6) is 1.81. The molecule has 2 rings (SSSR count). The summed E-state index contributed by atoms with van der Waals surface area (Å²) in [4.78, 5) is 16.3. The Balaban J connectivity index is 1.72. The van der Waals surface area contributed by atoms with Gasteiger partial charge in [0, 0.05) is 30.8 Å². The first-order valence-electron chi connectivity index (χ1n) is 8.30. The molecule has 0 aliphatic rings. The number of nitrogens with two attached hydrogens (primary N) is 1. The molecule has 0 radical (unpaired) electrons. The summed E-state index contributed by atoms with van der Waals surface area (Å²) in [7, 11) is 1.74. The third-order valence-corrected chi connectivity index (χ3v) is 4.38. The number of nitrogens with zero attached hydrogens (tertiary/aromatic N) is 1. The molecule has 0 aliphatic heterocycles. The molecular weight excluding hydrogens is 348 g/mol. The van der Waals surface area contributed by atoms with Crippen LogP contribution >= 0.6 is 11.8 Å². The molecule has 4 N–H and O–H groups in total. The number of rotatable bonds is 9. The van der Waals surface area contributed by atoms with Gasteiger partial charge in [0.15, 0.2) is 12.6 Å². The van der Waals surface area contributed by atoms with Gasteiger partial charge >= 0.3 is 0 Å². The number of hydrogen-bond acceptors (Lipinski definition) is 4. The van der Waals surface area contributed by atoms with Crippen molar-refractivity contribution in [1.82, 2.24) is 10.6 Å². The van der Waals surface area contributed by atoms with Gasteiger partial charge in [-0.1, -0.05) is 30.3 Å². The van der Waals surface area contributed by atoms with Crippen molar-refractivity contribution in [2.45, 2.75) is 11.4 Å². The SMILES string of the molecule is CN=C(NCCSc1ccccc1)NCc1cccc(OCC(N)=O)c1. The van der Waals surface area contributed by atoms with Crippen molar-refractivity contribution < 1.29 is 9.53 Å². The molecule has 2 aromatic carbocycles. The number of nitrogens with one attached hydrogen (secondary N) is 2. The highest BCUT2D eigenvalue weighted by atomic mass is 32.2. The van der Waals surface area contributed by atoms with Gasteiger partial charge in [-0.25, -0.2) is 0 Å². The average molecular weight is 372 g/mol. The zero-order valence-corrected chi connectivity index (χ0v) is 15.6. The Labute approximate surface area is 158 Å². The minimum Gasteiger partial charge on any atom is -0.484 e. The van der Waals surface area contributed by atoms with Crippen molar-refractivity contribution in [3.8, 4) is 5.75 Å². The molecule has 1 amide bonds. The van der Waals surface area contributed by atoms with Crippen LogP contribution in [0.4, 0.5) is 0 Å². The van der Waals surface area contributed by atoms with Crippen LogP contribution in [-0.4, -0.2) is 37.8 Å². The number of benzene rings is 2. The lowest BCUT2D eigenvalue weighted by Gasteiger charge is -2.12. The van der Waals surface area contributed by atoms with E-state index in [2.05, 4.69) is 27.8 Å². The maximum absolute atomic E-state index is 10.8. The minimum absolute atomic E-state index is 0.126. The first kappa shape index (κ1) is 19.7. The molecule has 0 aliphatic carbocycles. The van der Waals surface area contributed by atoms with E-state index < -0.39 is 5.91 Å². The topological polar surface area (TPSA) is 88.7 Å². The Morgan fingerprint density at radius 3 is 2.69 bits per heavy atom. The van der Waals surface area contributed by atoms with Crippen molar-refractivity contribution in [1.29, 1.82) is 0 Å². The second-order valence-electron chi connectivity index (χ2n) is 5.42. The summed E-state index contributed by atoms with van der Waals surface area (Å²) in [6, 6.07) is 17.8. The molecule has 7 heteroatoms. The lowest BCUT2D eigenvalue weighted by atomic mass is 10.2. The molecule has 6 nitrogen and oxygen atoms in total. The number of amides is 1. The summed E-state index contributed by atoms with van der Waals surface area (Å²) in [5.41, 5.74) is 6.11. The van der Waals surface area contributed by atoms with Gasteiger partial charge in [-0.3, -0.25) is 9.79 Å². The molecule has 0 bridgehead atoms. The summed E-state index contributed by atoms with van der Waals surface area (Å²) in [6.45, 7) is 1.28. The predicted octanol–water partition coefficient (Wildman–Crippen LogP) is 2.01. The van der Waals surface area contributed by atoms with Gasteiger partial charge in [0.1, 0.15) is 5.75 Å². The molecule has 0 atom stereocenters. The highest BCUT2D eigenvalue weighted by molar-refractivity contribution is 7.99. The number of guanidine groups is 1. The minimum atomic E-state index is -0.494. The third kappa shape index (κ3) is 7.48. The summed E-state index contributed by atoms with van der Waals surface area (Å²) >= 11 is 1.80. The second-order valence-corrected chi connectivity index (χ2v) is 6.58. The monoisotopic (exact) mass is 372 g/mol. The van der Waals surface area contributed by atoms with Gasteiger partial charge in [0.25, 0.3) is 5.91 Å². The predicted molar refractivity (Wildman–Crippen MR) is 106 cm³/mol. The fourth-order valence-corrected chi connectivity index (χ4v) is 2.95. The fraction of sp³-hybridized carbons (Fsp3) is 0.263. The molecule has 26 heavy (non-hydrogen) atoms. The average Bonchev–Trinajstić information content (AvgIpc) is 2.67. The zero-order valence-electron chi connectivity index (χ0n) is 14.8. The lowest BCUT2D eigenvalue weighted by molar-refractivity contribution is -0.119. The Morgan fingerprint density at radius 1 is 1.15 bits per heavy atom. The van der Waals surface area contributed by atoms with Gasteiger partial charge < -0.3 is 21.1 Å². The van der Waals surface area contributed by atoms with E-state index in [0.29, 0.717) is 12.3 Å². The molecule has 0 saturated heterocycles. The normalized spacial score (nSPS) is 11.0. The van der Waals surface area contributed by atoms with Crippen molar-refractivity contribution in [2.75, 3.05) is 26.0 Å². The number of carbonyl (C=O) groups excluding carboxylic acids is 1. The van der Waals surface area contributed by atoms with Crippen LogP contribution in [0, 0.1) is 0 Å². The van der Waals surface area contributed by atoms with Crippen LogP contribution in [0.5, 0.6) is 5.75 Å². The number of aliphatic imine (C=N–C) groups is 1. The van der Waals surface area contributed by atoms with E-state index in [1.807, 2.05) is 36.4 Å². The van der Waals surface area contributed by atoms with Gasteiger partial charge in [-0.15, -0.1) is 11.8 Å². The third-order valence-electron chi connectivity index (χ3n) is 3.37. The first-order chi connectivity index (χ1) is 12.7. The molecule has 2 aromatic rings. The number of hydrogen-bond donors (Lipinski definition) is 3. The van der Waals surface area contributed by atoms with E-state index in [-0.39, 0.29) is 6.61 Å². The van der Waals surface area contributed by atoms with E-state index >= 15 is 0 Å². The van der Waals surface area contributed by atoms with E-state index in [1.54, 1.807) is 24.9 Å². The molecule has 0 spiro atoms. The van der Waals surface area contributed by atoms with E-state index in [0.717, 1.165) is 23.8 Å². The van der Waals surface area contributed by atoms with Crippen LogP contribution in [0.15, 0.2) is 64.5 Å². The van der Waals surface area contributed by atoms with Crippen LogP contribution in [0.1, 0.15) is 5.56 Å². The molecule has 0 saturated carbocycles. The van der Waals surface area contributed by atoms with Crippen LogP contribution in [0.3, 0.4) is 0 Å². The van der Waals surface area contributed by atoms with Gasteiger partial charge in [0.2, 0.25) is 0 Å². The standard InChI is InChI=1S/C19H24N4O2S/c1-21-19(22-10-11-26-17-8-3-2-4-9-17)23-13-15-6-5-7-16(12-15)25-14-18(20)24/h2-9,12H,10-11,13-14H2,1H3,(H2,20,24)(H2,21,22,23).